The minimum absolute atomic E-state index is 0.216. The lowest BCUT2D eigenvalue weighted by Crippen LogP contribution is -2.13. The highest BCUT2D eigenvalue weighted by molar-refractivity contribution is 5.97. The van der Waals surface area contributed by atoms with E-state index in [1.807, 2.05) is 30.3 Å². The van der Waals surface area contributed by atoms with E-state index in [9.17, 15) is 4.79 Å². The summed E-state index contributed by atoms with van der Waals surface area (Å²) in [6.07, 6.45) is 11.2. The number of Topliss-reactive ketones (excluding diaryl/α,β-unsaturated/α-hetero) is 1. The smallest absolute Gasteiger partial charge is 0.165 e. The third-order valence-corrected chi connectivity index (χ3v) is 4.08. The van der Waals surface area contributed by atoms with Crippen LogP contribution in [0.25, 0.3) is 0 Å². The van der Waals surface area contributed by atoms with Crippen LogP contribution in [-0.2, 0) is 0 Å². The molecule has 0 bridgehead atoms. The van der Waals surface area contributed by atoms with E-state index in [1.165, 1.54) is 44.9 Å². The van der Waals surface area contributed by atoms with Crippen LogP contribution in [0, 0.1) is 5.92 Å². The van der Waals surface area contributed by atoms with Crippen molar-refractivity contribution in [2.24, 2.45) is 5.92 Å². The zero-order chi connectivity index (χ0) is 14.6. The van der Waals surface area contributed by atoms with Crippen molar-refractivity contribution in [3.8, 4) is 0 Å². The van der Waals surface area contributed by atoms with E-state index in [2.05, 4.69) is 13.8 Å². The second kappa shape index (κ2) is 10.7. The van der Waals surface area contributed by atoms with Crippen molar-refractivity contribution in [1.82, 2.24) is 0 Å². The first-order chi connectivity index (χ1) is 9.79. The molecular formula is C19H30O. The summed E-state index contributed by atoms with van der Waals surface area (Å²) in [6.45, 7) is 4.38. The number of rotatable bonds is 11. The topological polar surface area (TPSA) is 17.1 Å². The summed E-state index contributed by atoms with van der Waals surface area (Å²) in [5, 5.41) is 0. The summed E-state index contributed by atoms with van der Waals surface area (Å²) >= 11 is 0. The highest BCUT2D eigenvalue weighted by Gasteiger charge is 2.17. The maximum Gasteiger partial charge on any atom is 0.165 e. The lowest BCUT2D eigenvalue weighted by molar-refractivity contribution is 0.0907. The molecule has 0 spiro atoms. The van der Waals surface area contributed by atoms with Crippen LogP contribution < -0.4 is 0 Å². The van der Waals surface area contributed by atoms with Gasteiger partial charge in [0, 0.05) is 11.5 Å². The fourth-order valence-corrected chi connectivity index (χ4v) is 2.71. The molecule has 1 unspecified atom stereocenters. The van der Waals surface area contributed by atoms with E-state index in [-0.39, 0.29) is 5.92 Å². The average Bonchev–Trinajstić information content (AvgIpc) is 2.50. The summed E-state index contributed by atoms with van der Waals surface area (Å²) in [7, 11) is 0. The molecule has 112 valence electrons. The van der Waals surface area contributed by atoms with Gasteiger partial charge in [-0.25, -0.2) is 0 Å². The minimum atomic E-state index is 0.216. The summed E-state index contributed by atoms with van der Waals surface area (Å²) < 4.78 is 0. The van der Waals surface area contributed by atoms with Gasteiger partial charge in [0.05, 0.1) is 0 Å². The van der Waals surface area contributed by atoms with Gasteiger partial charge in [-0.3, -0.25) is 4.79 Å². The molecule has 0 fully saturated rings. The number of hydrogen-bond donors (Lipinski definition) is 0. The van der Waals surface area contributed by atoms with Gasteiger partial charge in [0.15, 0.2) is 5.78 Å². The molecule has 1 nitrogen and oxygen atoms in total. The van der Waals surface area contributed by atoms with E-state index < -0.39 is 0 Å². The molecule has 1 aromatic carbocycles. The Labute approximate surface area is 124 Å². The number of hydrogen-bond acceptors (Lipinski definition) is 1. The molecule has 0 radical (unpaired) electrons. The van der Waals surface area contributed by atoms with Crippen molar-refractivity contribution in [3.63, 3.8) is 0 Å². The lowest BCUT2D eigenvalue weighted by Gasteiger charge is -2.13. The molecule has 1 atom stereocenters. The van der Waals surface area contributed by atoms with Crippen molar-refractivity contribution in [2.75, 3.05) is 0 Å². The van der Waals surface area contributed by atoms with Crippen LogP contribution in [0.2, 0.25) is 0 Å². The van der Waals surface area contributed by atoms with Gasteiger partial charge in [0.25, 0.3) is 0 Å². The molecule has 0 saturated heterocycles. The average molecular weight is 274 g/mol. The van der Waals surface area contributed by atoms with Crippen LogP contribution in [0.3, 0.4) is 0 Å². The van der Waals surface area contributed by atoms with Crippen LogP contribution in [0.4, 0.5) is 0 Å². The lowest BCUT2D eigenvalue weighted by atomic mass is 9.90. The molecule has 1 heteroatoms. The van der Waals surface area contributed by atoms with Crippen LogP contribution in [0.1, 0.15) is 82.0 Å². The SMILES string of the molecule is CCCCCCCCCC(CC)C(=O)c1ccccc1. The van der Waals surface area contributed by atoms with Gasteiger partial charge in [-0.1, -0.05) is 89.1 Å². The zero-order valence-electron chi connectivity index (χ0n) is 13.2. The van der Waals surface area contributed by atoms with Crippen LogP contribution in [0.15, 0.2) is 30.3 Å². The van der Waals surface area contributed by atoms with E-state index in [1.54, 1.807) is 0 Å². The van der Waals surface area contributed by atoms with Crippen molar-refractivity contribution < 1.29 is 4.79 Å². The molecule has 0 heterocycles. The molecular weight excluding hydrogens is 244 g/mol. The first-order valence-corrected chi connectivity index (χ1v) is 8.38. The van der Waals surface area contributed by atoms with Crippen molar-refractivity contribution in [1.29, 1.82) is 0 Å². The van der Waals surface area contributed by atoms with E-state index in [0.29, 0.717) is 5.78 Å². The van der Waals surface area contributed by atoms with E-state index in [4.69, 9.17) is 0 Å². The Balaban J connectivity index is 2.24. The Kier molecular flexibility index (Phi) is 9.02. The normalized spacial score (nSPS) is 12.3. The first-order valence-electron chi connectivity index (χ1n) is 8.38. The van der Waals surface area contributed by atoms with Gasteiger partial charge in [-0.2, -0.15) is 0 Å². The quantitative estimate of drug-likeness (QED) is 0.355. The predicted octanol–water partition coefficient (Wildman–Crippen LogP) is 6.04. The molecule has 20 heavy (non-hydrogen) atoms. The molecule has 0 N–H and O–H groups in total. The number of benzene rings is 1. The summed E-state index contributed by atoms with van der Waals surface area (Å²) in [4.78, 5) is 12.4. The van der Waals surface area contributed by atoms with Crippen molar-refractivity contribution >= 4 is 5.78 Å². The molecule has 0 aromatic heterocycles. The fraction of sp³-hybridized carbons (Fsp3) is 0.632. The van der Waals surface area contributed by atoms with E-state index >= 15 is 0 Å². The first kappa shape index (κ1) is 16.9. The molecule has 0 aliphatic heterocycles. The Morgan fingerprint density at radius 2 is 1.50 bits per heavy atom. The number of carbonyl (C=O) groups is 1. The van der Waals surface area contributed by atoms with Crippen LogP contribution in [-0.4, -0.2) is 5.78 Å². The second-order valence-electron chi connectivity index (χ2n) is 5.75. The highest BCUT2D eigenvalue weighted by atomic mass is 16.1. The van der Waals surface area contributed by atoms with Gasteiger partial charge in [0.1, 0.15) is 0 Å². The Morgan fingerprint density at radius 3 is 2.10 bits per heavy atom. The summed E-state index contributed by atoms with van der Waals surface area (Å²) in [6, 6.07) is 9.75. The van der Waals surface area contributed by atoms with Gasteiger partial charge >= 0.3 is 0 Å². The Bertz CT molecular complexity index is 355. The summed E-state index contributed by atoms with van der Waals surface area (Å²) in [5.74, 6) is 0.548. The third kappa shape index (κ3) is 6.36. The van der Waals surface area contributed by atoms with Gasteiger partial charge in [0.2, 0.25) is 0 Å². The number of carbonyl (C=O) groups excluding carboxylic acids is 1. The standard InChI is InChI=1S/C19H30O/c1-3-5-6-7-8-9-11-14-17(4-2)19(20)18-15-12-10-13-16-18/h10,12-13,15-17H,3-9,11,14H2,1-2H3. The number of ketones is 1. The largest absolute Gasteiger partial charge is 0.294 e. The monoisotopic (exact) mass is 274 g/mol. The molecule has 0 aliphatic carbocycles. The fourth-order valence-electron chi connectivity index (χ4n) is 2.71. The van der Waals surface area contributed by atoms with Gasteiger partial charge in [-0.15, -0.1) is 0 Å². The maximum atomic E-state index is 12.4. The number of unbranched alkanes of at least 4 members (excludes halogenated alkanes) is 6. The molecule has 0 amide bonds. The molecule has 1 rings (SSSR count). The maximum absolute atomic E-state index is 12.4. The molecule has 0 saturated carbocycles. The molecule has 1 aromatic rings. The molecule has 0 aliphatic rings. The van der Waals surface area contributed by atoms with Gasteiger partial charge < -0.3 is 0 Å². The third-order valence-electron chi connectivity index (χ3n) is 4.08. The highest BCUT2D eigenvalue weighted by Crippen LogP contribution is 2.20. The van der Waals surface area contributed by atoms with Crippen LogP contribution in [0.5, 0.6) is 0 Å². The minimum Gasteiger partial charge on any atom is -0.294 e. The van der Waals surface area contributed by atoms with Crippen LogP contribution >= 0.6 is 0 Å². The predicted molar refractivity (Wildman–Crippen MR) is 87.2 cm³/mol. The van der Waals surface area contributed by atoms with Crippen molar-refractivity contribution in [2.45, 2.75) is 71.6 Å². The van der Waals surface area contributed by atoms with Crippen molar-refractivity contribution in [3.05, 3.63) is 35.9 Å². The summed E-state index contributed by atoms with van der Waals surface area (Å²) in [5.41, 5.74) is 0.877. The second-order valence-corrected chi connectivity index (χ2v) is 5.75. The van der Waals surface area contributed by atoms with Gasteiger partial charge in [-0.05, 0) is 12.8 Å². The Morgan fingerprint density at radius 1 is 0.900 bits per heavy atom. The Hall–Kier alpha value is -1.11. The van der Waals surface area contributed by atoms with E-state index in [0.717, 1.165) is 18.4 Å². The zero-order valence-corrected chi connectivity index (χ0v) is 13.2.